The number of esters is 4. The van der Waals surface area contributed by atoms with Crippen LogP contribution in [0.2, 0.25) is 0 Å². The van der Waals surface area contributed by atoms with E-state index in [-0.39, 0.29) is 31.5 Å². The molecular weight excluding hydrogens is 644 g/mol. The smallest absolute Gasteiger partial charge is 0.310 e. The number of rotatable bonds is 12. The maximum Gasteiger partial charge on any atom is 0.310 e. The van der Waals surface area contributed by atoms with Crippen molar-refractivity contribution in [3.05, 3.63) is 155 Å². The molecule has 8 nitrogen and oxygen atoms in total. The third kappa shape index (κ3) is 7.92. The van der Waals surface area contributed by atoms with Gasteiger partial charge in [-0.3, -0.25) is 19.2 Å². The second-order valence-electron chi connectivity index (χ2n) is 12.1. The molecule has 2 bridgehead atoms. The van der Waals surface area contributed by atoms with E-state index in [1.165, 1.54) is 0 Å². The van der Waals surface area contributed by atoms with Crippen molar-refractivity contribution < 1.29 is 38.1 Å². The van der Waals surface area contributed by atoms with Gasteiger partial charge in [-0.05, 0) is 22.3 Å². The maximum atomic E-state index is 14.0. The molecule has 0 N–H and O–H groups in total. The molecule has 0 saturated heterocycles. The van der Waals surface area contributed by atoms with Gasteiger partial charge in [-0.15, -0.1) is 0 Å². The van der Waals surface area contributed by atoms with Gasteiger partial charge in [0.2, 0.25) is 0 Å². The van der Waals surface area contributed by atoms with Crippen LogP contribution in [0, 0.1) is 35.5 Å². The Labute approximate surface area is 289 Å². The first-order chi connectivity index (χ1) is 23.9. The van der Waals surface area contributed by atoms with E-state index >= 15 is 0 Å². The van der Waals surface area contributed by atoms with Crippen molar-refractivity contribution in [1.82, 2.24) is 0 Å². The fourth-order valence-electron chi connectivity index (χ4n) is 6.71. The van der Waals surface area contributed by atoms with E-state index in [4.69, 9.17) is 30.5 Å². The van der Waals surface area contributed by atoms with Crippen LogP contribution in [0.4, 0.5) is 0 Å². The van der Waals surface area contributed by atoms with Crippen LogP contribution in [0.1, 0.15) is 22.3 Å². The zero-order chi connectivity index (χ0) is 34.2. The van der Waals surface area contributed by atoms with Crippen LogP contribution < -0.4 is 0 Å². The first-order valence-electron chi connectivity index (χ1n) is 16.1. The molecule has 0 radical (unpaired) electrons. The molecule has 9 heteroatoms. The molecule has 1 saturated carbocycles. The SMILES string of the molecule is O=C(OCc1ccccc1)C1C2C=C(Cl)C(C1C(=O)OCc1ccccc1)C(C(=O)OCc1ccccc1)C2C(=O)OCc1ccccc1. The molecular formula is C40H35ClO8. The van der Waals surface area contributed by atoms with Crippen molar-refractivity contribution in [2.45, 2.75) is 26.4 Å². The van der Waals surface area contributed by atoms with Crippen molar-refractivity contribution in [1.29, 1.82) is 0 Å². The largest absolute Gasteiger partial charge is 0.461 e. The molecule has 0 spiro atoms. The van der Waals surface area contributed by atoms with E-state index in [9.17, 15) is 19.2 Å². The number of benzene rings is 4. The highest BCUT2D eigenvalue weighted by molar-refractivity contribution is 6.30. The predicted molar refractivity (Wildman–Crippen MR) is 180 cm³/mol. The van der Waals surface area contributed by atoms with Crippen LogP contribution in [0.5, 0.6) is 0 Å². The van der Waals surface area contributed by atoms with Crippen molar-refractivity contribution in [2.24, 2.45) is 35.5 Å². The molecule has 49 heavy (non-hydrogen) atoms. The highest BCUT2D eigenvalue weighted by Crippen LogP contribution is 2.57. The summed E-state index contributed by atoms with van der Waals surface area (Å²) in [7, 11) is 0. The number of halogens is 1. The third-order valence-electron chi connectivity index (χ3n) is 9.03. The summed E-state index contributed by atoms with van der Waals surface area (Å²) in [6, 6.07) is 36.4. The van der Waals surface area contributed by atoms with Gasteiger partial charge >= 0.3 is 23.9 Å². The number of hydrogen-bond donors (Lipinski definition) is 0. The van der Waals surface area contributed by atoms with E-state index < -0.39 is 59.4 Å². The van der Waals surface area contributed by atoms with Gasteiger partial charge in [0, 0.05) is 16.9 Å². The molecule has 0 aliphatic heterocycles. The van der Waals surface area contributed by atoms with Crippen LogP contribution in [0.3, 0.4) is 0 Å². The fraction of sp³-hybridized carbons (Fsp3) is 0.250. The summed E-state index contributed by atoms with van der Waals surface area (Å²) in [4.78, 5) is 56.1. The summed E-state index contributed by atoms with van der Waals surface area (Å²) in [6.07, 6.45) is 1.58. The van der Waals surface area contributed by atoms with Crippen molar-refractivity contribution >= 4 is 35.5 Å². The lowest BCUT2D eigenvalue weighted by atomic mass is 9.52. The van der Waals surface area contributed by atoms with Crippen molar-refractivity contribution in [3.8, 4) is 0 Å². The lowest BCUT2D eigenvalue weighted by Gasteiger charge is -2.50. The highest BCUT2D eigenvalue weighted by atomic mass is 35.5. The normalized spacial score (nSPS) is 22.3. The molecule has 1 fully saturated rings. The summed E-state index contributed by atoms with van der Waals surface area (Å²) < 4.78 is 23.1. The Balaban J connectivity index is 1.34. The molecule has 3 aliphatic carbocycles. The van der Waals surface area contributed by atoms with Crippen LogP contribution >= 0.6 is 11.6 Å². The summed E-state index contributed by atoms with van der Waals surface area (Å²) >= 11 is 6.85. The molecule has 7 rings (SSSR count). The minimum Gasteiger partial charge on any atom is -0.461 e. The van der Waals surface area contributed by atoms with Crippen LogP contribution in [-0.2, 0) is 64.6 Å². The monoisotopic (exact) mass is 678 g/mol. The second-order valence-corrected chi connectivity index (χ2v) is 12.6. The fourth-order valence-corrected chi connectivity index (χ4v) is 7.13. The number of allylic oxidation sites excluding steroid dienone is 2. The van der Waals surface area contributed by atoms with Gasteiger partial charge in [0.1, 0.15) is 26.4 Å². The Morgan fingerprint density at radius 1 is 0.429 bits per heavy atom. The zero-order valence-electron chi connectivity index (χ0n) is 26.6. The third-order valence-corrected chi connectivity index (χ3v) is 9.41. The van der Waals surface area contributed by atoms with Gasteiger partial charge in [0.05, 0.1) is 23.7 Å². The topological polar surface area (TPSA) is 105 Å². The Hall–Kier alpha value is -5.21. The van der Waals surface area contributed by atoms with E-state index in [0.717, 1.165) is 22.3 Å². The predicted octanol–water partition coefficient (Wildman–Crippen LogP) is 6.81. The number of carbonyl (C=O) groups is 4. The number of carbonyl (C=O) groups excluding carboxylic acids is 4. The molecule has 0 heterocycles. The van der Waals surface area contributed by atoms with E-state index in [1.807, 2.05) is 97.1 Å². The Morgan fingerprint density at radius 3 is 0.980 bits per heavy atom. The van der Waals surface area contributed by atoms with Gasteiger partial charge in [-0.25, -0.2) is 0 Å². The summed E-state index contributed by atoms with van der Waals surface area (Å²) in [6.45, 7) is -0.233. The van der Waals surface area contributed by atoms with Crippen molar-refractivity contribution in [3.63, 3.8) is 0 Å². The molecule has 3 aliphatic rings. The second kappa shape index (κ2) is 15.8. The molecule has 0 aromatic heterocycles. The average molecular weight is 679 g/mol. The minimum absolute atomic E-state index is 0.0531. The van der Waals surface area contributed by atoms with Crippen LogP contribution in [0.15, 0.2) is 132 Å². The summed E-state index contributed by atoms with van der Waals surface area (Å²) in [5, 5.41) is 0.174. The number of hydrogen-bond acceptors (Lipinski definition) is 8. The first-order valence-corrected chi connectivity index (χ1v) is 16.5. The molecule has 4 aromatic carbocycles. The van der Waals surface area contributed by atoms with Crippen molar-refractivity contribution in [2.75, 3.05) is 0 Å². The zero-order valence-corrected chi connectivity index (χ0v) is 27.3. The molecule has 250 valence electrons. The Kier molecular flexibility index (Phi) is 10.9. The lowest BCUT2D eigenvalue weighted by Crippen LogP contribution is -2.59. The standard InChI is InChI=1S/C40H35ClO8/c41-31-21-30-32(37(42)46-22-26-13-5-1-6-14-26)35(39(44)48-24-28-17-9-3-10-18-28)34(31)36(40(45)49-25-29-19-11-4-12-20-29)33(30)38(43)47-23-27-15-7-2-8-16-27/h1-21,30,32-36H,22-25H2. The lowest BCUT2D eigenvalue weighted by molar-refractivity contribution is -0.187. The van der Waals surface area contributed by atoms with Crippen LogP contribution in [0.25, 0.3) is 0 Å². The van der Waals surface area contributed by atoms with E-state index in [0.29, 0.717) is 0 Å². The quantitative estimate of drug-likeness (QED) is 0.119. The summed E-state index contributed by atoms with van der Waals surface area (Å²) in [5.74, 6) is -9.86. The number of ether oxygens (including phenoxy) is 4. The maximum absolute atomic E-state index is 14.0. The van der Waals surface area contributed by atoms with Gasteiger partial charge < -0.3 is 18.9 Å². The molecule has 0 amide bonds. The molecule has 4 aromatic rings. The Bertz CT molecular complexity index is 1660. The van der Waals surface area contributed by atoms with Crippen LogP contribution in [-0.4, -0.2) is 23.9 Å². The molecule has 4 atom stereocenters. The number of fused-ring (bicyclic) bond motifs is 2. The summed E-state index contributed by atoms with van der Waals surface area (Å²) in [5.41, 5.74) is 2.97. The molecule has 4 unspecified atom stereocenters. The highest BCUT2D eigenvalue weighted by Gasteiger charge is 2.64. The first kappa shape index (κ1) is 33.7. The van der Waals surface area contributed by atoms with E-state index in [1.54, 1.807) is 30.3 Å². The Morgan fingerprint density at radius 2 is 0.694 bits per heavy atom. The van der Waals surface area contributed by atoms with Gasteiger partial charge in [-0.1, -0.05) is 139 Å². The van der Waals surface area contributed by atoms with E-state index in [2.05, 4.69) is 0 Å². The van der Waals surface area contributed by atoms with Gasteiger partial charge in [-0.2, -0.15) is 0 Å². The van der Waals surface area contributed by atoms with Gasteiger partial charge in [0.25, 0.3) is 0 Å². The average Bonchev–Trinajstić information content (AvgIpc) is 3.15. The van der Waals surface area contributed by atoms with Gasteiger partial charge in [0.15, 0.2) is 0 Å². The minimum atomic E-state index is -1.23.